The predicted octanol–water partition coefficient (Wildman–Crippen LogP) is 3.35. The quantitative estimate of drug-likeness (QED) is 0.529. The van der Waals surface area contributed by atoms with E-state index >= 15 is 0 Å². The molecule has 1 heterocycles. The van der Waals surface area contributed by atoms with E-state index in [0.717, 1.165) is 11.1 Å². The molecule has 0 saturated carbocycles. The molecule has 0 aliphatic heterocycles. The van der Waals surface area contributed by atoms with Gasteiger partial charge in [0.2, 0.25) is 11.1 Å². The van der Waals surface area contributed by atoms with Crippen LogP contribution in [0.3, 0.4) is 0 Å². The molecule has 0 bridgehead atoms. The number of carbonyl (C=O) groups excluding carboxylic acids is 1. The number of hydrogen-bond acceptors (Lipinski definition) is 5. The van der Waals surface area contributed by atoms with E-state index in [4.69, 9.17) is 17.4 Å². The van der Waals surface area contributed by atoms with E-state index in [0.29, 0.717) is 21.7 Å². The zero-order valence-electron chi connectivity index (χ0n) is 13.4. The summed E-state index contributed by atoms with van der Waals surface area (Å²) in [6.07, 6.45) is 0. The highest BCUT2D eigenvalue weighted by molar-refractivity contribution is 7.99. The van der Waals surface area contributed by atoms with Crippen LogP contribution in [0.4, 0.5) is 5.69 Å². The van der Waals surface area contributed by atoms with Gasteiger partial charge in [0.25, 0.3) is 0 Å². The first-order valence-corrected chi connectivity index (χ1v) is 8.85. The first-order valence-electron chi connectivity index (χ1n) is 7.49. The van der Waals surface area contributed by atoms with Crippen molar-refractivity contribution < 1.29 is 4.79 Å². The number of nitrogen functional groups attached to an aromatic ring is 1. The number of carbonyl (C=O) groups is 1. The molecule has 1 amide bonds. The number of rotatable bonds is 5. The summed E-state index contributed by atoms with van der Waals surface area (Å²) in [6, 6.07) is 14.9. The highest BCUT2D eigenvalue weighted by Gasteiger charge is 2.14. The van der Waals surface area contributed by atoms with Crippen molar-refractivity contribution in [3.63, 3.8) is 0 Å². The second-order valence-electron chi connectivity index (χ2n) is 5.34. The number of anilines is 1. The van der Waals surface area contributed by atoms with Crippen molar-refractivity contribution in [3.8, 4) is 11.4 Å². The number of nitrogens with two attached hydrogens (primary N) is 1. The van der Waals surface area contributed by atoms with Crippen molar-refractivity contribution in [1.29, 1.82) is 0 Å². The highest BCUT2D eigenvalue weighted by Crippen LogP contribution is 2.23. The Morgan fingerprint density at radius 1 is 1.24 bits per heavy atom. The predicted molar refractivity (Wildman–Crippen MR) is 101 cm³/mol. The maximum absolute atomic E-state index is 12.2. The van der Waals surface area contributed by atoms with Crippen LogP contribution in [0.1, 0.15) is 5.56 Å². The third kappa shape index (κ3) is 4.12. The maximum Gasteiger partial charge on any atom is 0.234 e. The van der Waals surface area contributed by atoms with Gasteiger partial charge in [-0.25, -0.2) is 4.68 Å². The maximum atomic E-state index is 12.2. The topological polar surface area (TPSA) is 85.8 Å². The summed E-state index contributed by atoms with van der Waals surface area (Å²) in [5, 5.41) is 12.0. The van der Waals surface area contributed by atoms with E-state index in [-0.39, 0.29) is 11.7 Å². The Balaban J connectivity index is 1.65. The molecular formula is C17H16ClN5OS. The molecule has 128 valence electrons. The average Bonchev–Trinajstić information content (AvgIpc) is 2.98. The van der Waals surface area contributed by atoms with Gasteiger partial charge in [-0.3, -0.25) is 4.79 Å². The van der Waals surface area contributed by atoms with Crippen molar-refractivity contribution >= 4 is 35.0 Å². The fourth-order valence-corrected chi connectivity index (χ4v) is 3.03. The van der Waals surface area contributed by atoms with Crippen LogP contribution in [-0.2, 0) is 4.79 Å². The largest absolute Gasteiger partial charge is 0.335 e. The van der Waals surface area contributed by atoms with E-state index in [2.05, 4.69) is 15.5 Å². The summed E-state index contributed by atoms with van der Waals surface area (Å²) >= 11 is 7.18. The van der Waals surface area contributed by atoms with Gasteiger partial charge >= 0.3 is 0 Å². The number of halogens is 1. The molecule has 25 heavy (non-hydrogen) atoms. The number of nitrogens with zero attached hydrogens (tertiary/aromatic N) is 3. The summed E-state index contributed by atoms with van der Waals surface area (Å²) in [6.45, 7) is 1.90. The van der Waals surface area contributed by atoms with E-state index in [9.17, 15) is 4.79 Å². The molecule has 6 nitrogen and oxygen atoms in total. The van der Waals surface area contributed by atoms with Gasteiger partial charge in [-0.15, -0.1) is 10.2 Å². The normalized spacial score (nSPS) is 10.6. The summed E-state index contributed by atoms with van der Waals surface area (Å²) in [7, 11) is 0. The van der Waals surface area contributed by atoms with Gasteiger partial charge in [0.15, 0.2) is 5.82 Å². The van der Waals surface area contributed by atoms with Crippen molar-refractivity contribution in [2.45, 2.75) is 12.1 Å². The van der Waals surface area contributed by atoms with E-state index in [1.54, 1.807) is 12.1 Å². The molecule has 0 spiro atoms. The van der Waals surface area contributed by atoms with Crippen LogP contribution in [0.5, 0.6) is 0 Å². The van der Waals surface area contributed by atoms with Crippen molar-refractivity contribution in [2.24, 2.45) is 0 Å². The summed E-state index contributed by atoms with van der Waals surface area (Å²) in [4.78, 5) is 12.2. The Morgan fingerprint density at radius 2 is 2.00 bits per heavy atom. The van der Waals surface area contributed by atoms with Gasteiger partial charge in [0.05, 0.1) is 5.75 Å². The molecule has 3 N–H and O–H groups in total. The molecule has 1 aromatic heterocycles. The number of hydrogen-bond donors (Lipinski definition) is 2. The van der Waals surface area contributed by atoms with Gasteiger partial charge < -0.3 is 11.2 Å². The smallest absolute Gasteiger partial charge is 0.234 e. The first kappa shape index (κ1) is 17.3. The van der Waals surface area contributed by atoms with Crippen molar-refractivity contribution in [3.05, 3.63) is 59.1 Å². The van der Waals surface area contributed by atoms with Crippen LogP contribution in [0.15, 0.2) is 53.7 Å². The minimum atomic E-state index is -0.167. The average molecular weight is 374 g/mol. The molecule has 8 heteroatoms. The standard InChI is InChI=1S/C17H16ClN5OS/c1-11-7-8-13(18)9-14(11)20-15(24)10-25-17-22-21-16(23(17)19)12-5-3-2-4-6-12/h2-9H,10,19H2,1H3,(H,20,24). The molecule has 0 atom stereocenters. The van der Waals surface area contributed by atoms with Gasteiger partial charge in [-0.1, -0.05) is 59.8 Å². The second kappa shape index (κ2) is 7.58. The zero-order valence-corrected chi connectivity index (χ0v) is 15.0. The summed E-state index contributed by atoms with van der Waals surface area (Å²) in [5.41, 5.74) is 2.50. The molecular weight excluding hydrogens is 358 g/mol. The Hall–Kier alpha value is -2.51. The van der Waals surface area contributed by atoms with Crippen LogP contribution in [0.2, 0.25) is 5.02 Å². The molecule has 3 rings (SSSR count). The van der Waals surface area contributed by atoms with Gasteiger partial charge in [0, 0.05) is 16.3 Å². The van der Waals surface area contributed by atoms with Crippen molar-refractivity contribution in [1.82, 2.24) is 14.9 Å². The van der Waals surface area contributed by atoms with Crippen molar-refractivity contribution in [2.75, 3.05) is 16.9 Å². The summed E-state index contributed by atoms with van der Waals surface area (Å²) < 4.78 is 1.39. The Morgan fingerprint density at radius 3 is 2.76 bits per heavy atom. The SMILES string of the molecule is Cc1ccc(Cl)cc1NC(=O)CSc1nnc(-c2ccccc2)n1N. The monoisotopic (exact) mass is 373 g/mol. The van der Waals surface area contributed by atoms with Gasteiger partial charge in [-0.2, -0.15) is 0 Å². The molecule has 0 aliphatic rings. The molecule has 0 fully saturated rings. The lowest BCUT2D eigenvalue weighted by molar-refractivity contribution is -0.113. The number of aromatic nitrogens is 3. The van der Waals surface area contributed by atoms with Crippen LogP contribution >= 0.6 is 23.4 Å². The number of benzene rings is 2. The number of nitrogens with one attached hydrogen (secondary N) is 1. The van der Waals surface area contributed by atoms with Crippen LogP contribution in [0, 0.1) is 6.92 Å². The second-order valence-corrected chi connectivity index (χ2v) is 6.72. The fourth-order valence-electron chi connectivity index (χ4n) is 2.20. The van der Waals surface area contributed by atoms with Gasteiger partial charge in [0.1, 0.15) is 0 Å². The fraction of sp³-hybridized carbons (Fsp3) is 0.118. The van der Waals surface area contributed by atoms with Crippen LogP contribution in [-0.4, -0.2) is 26.5 Å². The molecule has 3 aromatic rings. The van der Waals surface area contributed by atoms with E-state index < -0.39 is 0 Å². The molecule has 0 aliphatic carbocycles. The zero-order chi connectivity index (χ0) is 17.8. The lowest BCUT2D eigenvalue weighted by atomic mass is 10.2. The molecule has 2 aromatic carbocycles. The first-order chi connectivity index (χ1) is 12.0. The Bertz CT molecular complexity index is 897. The third-order valence-corrected chi connectivity index (χ3v) is 4.68. The Labute approximate surface area is 154 Å². The van der Waals surface area contributed by atoms with Crippen LogP contribution in [0.25, 0.3) is 11.4 Å². The minimum absolute atomic E-state index is 0.163. The van der Waals surface area contributed by atoms with Crippen LogP contribution < -0.4 is 11.2 Å². The number of aryl methyl sites for hydroxylation is 1. The van der Waals surface area contributed by atoms with Gasteiger partial charge in [-0.05, 0) is 24.6 Å². The Kier molecular flexibility index (Phi) is 5.25. The van der Waals surface area contributed by atoms with E-state index in [1.165, 1.54) is 16.4 Å². The summed E-state index contributed by atoms with van der Waals surface area (Å²) in [5.74, 6) is 6.59. The van der Waals surface area contributed by atoms with E-state index in [1.807, 2.05) is 43.3 Å². The lowest BCUT2D eigenvalue weighted by Gasteiger charge is -2.08. The number of thioether (sulfide) groups is 1. The third-order valence-electron chi connectivity index (χ3n) is 3.50. The minimum Gasteiger partial charge on any atom is -0.335 e. The number of amides is 1. The molecule has 0 radical (unpaired) electrons. The molecule has 0 saturated heterocycles. The molecule has 0 unspecified atom stereocenters. The highest BCUT2D eigenvalue weighted by atomic mass is 35.5. The lowest BCUT2D eigenvalue weighted by Crippen LogP contribution is -2.17.